The lowest BCUT2D eigenvalue weighted by atomic mass is 9.99. The smallest absolute Gasteiger partial charge is 0.0362 e. The van der Waals surface area contributed by atoms with Crippen LogP contribution in [0, 0.1) is 5.92 Å². The summed E-state index contributed by atoms with van der Waals surface area (Å²) in [6.45, 7) is 12.0. The highest BCUT2D eigenvalue weighted by atomic mass is 32.2. The monoisotopic (exact) mass is 274 g/mol. The molecule has 18 heavy (non-hydrogen) atoms. The first-order valence-electron chi connectivity index (χ1n) is 7.39. The average molecular weight is 274 g/mol. The molecule has 1 N–H and O–H groups in total. The normalized spacial score (nSPS) is 27.6. The van der Waals surface area contributed by atoms with Crippen LogP contribution in [0.3, 0.4) is 0 Å². The van der Waals surface area contributed by atoms with Crippen molar-refractivity contribution in [3.8, 4) is 0 Å². The van der Waals surface area contributed by atoms with Crippen LogP contribution >= 0.6 is 0 Å². The van der Waals surface area contributed by atoms with Gasteiger partial charge in [-0.25, -0.2) is 0 Å². The number of piperazine rings is 1. The zero-order valence-corrected chi connectivity index (χ0v) is 13.3. The summed E-state index contributed by atoms with van der Waals surface area (Å²) in [5, 5.41) is 3.67. The van der Waals surface area contributed by atoms with Crippen molar-refractivity contribution in [1.82, 2.24) is 10.2 Å². The van der Waals surface area contributed by atoms with E-state index >= 15 is 0 Å². The maximum Gasteiger partial charge on any atom is 0.0362 e. The Labute approximate surface area is 115 Å². The van der Waals surface area contributed by atoms with Crippen LogP contribution in [-0.4, -0.2) is 52.3 Å². The van der Waals surface area contributed by atoms with Gasteiger partial charge in [0.05, 0.1) is 0 Å². The summed E-state index contributed by atoms with van der Waals surface area (Å²) in [6.07, 6.45) is 2.42. The lowest BCUT2D eigenvalue weighted by molar-refractivity contribution is 0.126. The van der Waals surface area contributed by atoms with Gasteiger partial charge in [0, 0.05) is 54.0 Å². The van der Waals surface area contributed by atoms with Gasteiger partial charge in [-0.3, -0.25) is 9.11 Å². The van der Waals surface area contributed by atoms with E-state index in [1.165, 1.54) is 12.8 Å². The fourth-order valence-electron chi connectivity index (χ4n) is 2.70. The molecule has 3 unspecified atom stereocenters. The molecule has 1 rings (SSSR count). The van der Waals surface area contributed by atoms with E-state index in [2.05, 4.69) is 31.0 Å². The predicted octanol–water partition coefficient (Wildman–Crippen LogP) is 1.85. The van der Waals surface area contributed by atoms with Crippen LogP contribution in [0.4, 0.5) is 0 Å². The fourth-order valence-corrected chi connectivity index (χ4v) is 3.42. The summed E-state index contributed by atoms with van der Waals surface area (Å²) < 4.78 is 11.6. The van der Waals surface area contributed by atoms with E-state index in [1.807, 2.05) is 6.92 Å². The summed E-state index contributed by atoms with van der Waals surface area (Å²) in [5.41, 5.74) is 0. The minimum absolute atomic E-state index is 0.614. The van der Waals surface area contributed by atoms with E-state index in [0.717, 1.165) is 37.1 Å². The van der Waals surface area contributed by atoms with Crippen LogP contribution in [0.5, 0.6) is 0 Å². The van der Waals surface area contributed by atoms with Crippen molar-refractivity contribution >= 4 is 10.8 Å². The van der Waals surface area contributed by atoms with Gasteiger partial charge < -0.3 is 5.32 Å². The fraction of sp³-hybridized carbons (Fsp3) is 1.00. The van der Waals surface area contributed by atoms with E-state index in [0.29, 0.717) is 12.1 Å². The molecule has 1 fully saturated rings. The standard InChI is InChI=1S/C14H30N2OS/c1-5-14-10-15-13(9-12(3)4)11-16(14)7-8-18(17)6-2/h12-15H,5-11H2,1-4H3. The molecule has 0 aromatic carbocycles. The Balaban J connectivity index is 2.45. The van der Waals surface area contributed by atoms with Gasteiger partial charge in [-0.2, -0.15) is 0 Å². The summed E-state index contributed by atoms with van der Waals surface area (Å²) in [7, 11) is -0.630. The van der Waals surface area contributed by atoms with Crippen molar-refractivity contribution in [2.45, 2.75) is 52.6 Å². The summed E-state index contributed by atoms with van der Waals surface area (Å²) in [5.74, 6) is 2.37. The molecule has 0 saturated carbocycles. The molecule has 3 atom stereocenters. The summed E-state index contributed by atoms with van der Waals surface area (Å²) >= 11 is 0. The molecule has 0 bridgehead atoms. The van der Waals surface area contributed by atoms with Crippen molar-refractivity contribution < 1.29 is 4.21 Å². The first-order chi connectivity index (χ1) is 8.56. The van der Waals surface area contributed by atoms with Crippen molar-refractivity contribution in [2.24, 2.45) is 5.92 Å². The molecule has 0 radical (unpaired) electrons. The molecule has 1 aliphatic rings. The first kappa shape index (κ1) is 16.1. The Kier molecular flexibility index (Phi) is 7.42. The van der Waals surface area contributed by atoms with Gasteiger partial charge in [-0.05, 0) is 18.8 Å². The molecule has 4 heteroatoms. The molecule has 3 nitrogen and oxygen atoms in total. The third-order valence-corrected chi connectivity index (χ3v) is 5.05. The third kappa shape index (κ3) is 5.37. The SMILES string of the molecule is CCC1CNC(CC(C)C)CN1CCS(=O)CC. The van der Waals surface area contributed by atoms with Gasteiger partial charge in [-0.15, -0.1) is 0 Å². The molecule has 0 aliphatic carbocycles. The van der Waals surface area contributed by atoms with E-state index in [-0.39, 0.29) is 0 Å². The van der Waals surface area contributed by atoms with E-state index in [9.17, 15) is 4.21 Å². The number of rotatable bonds is 7. The number of nitrogens with one attached hydrogen (secondary N) is 1. The Morgan fingerprint density at radius 3 is 2.67 bits per heavy atom. The molecule has 0 spiro atoms. The second-order valence-corrected chi connectivity index (χ2v) is 7.59. The van der Waals surface area contributed by atoms with E-state index in [1.54, 1.807) is 0 Å². The van der Waals surface area contributed by atoms with Gasteiger partial charge >= 0.3 is 0 Å². The number of hydrogen-bond donors (Lipinski definition) is 1. The van der Waals surface area contributed by atoms with Crippen molar-refractivity contribution in [2.75, 3.05) is 31.1 Å². The van der Waals surface area contributed by atoms with Crippen LogP contribution in [-0.2, 0) is 10.8 Å². The maximum atomic E-state index is 11.6. The quantitative estimate of drug-likeness (QED) is 0.769. The van der Waals surface area contributed by atoms with Gasteiger partial charge in [-0.1, -0.05) is 27.7 Å². The summed E-state index contributed by atoms with van der Waals surface area (Å²) in [4.78, 5) is 2.55. The van der Waals surface area contributed by atoms with Crippen molar-refractivity contribution in [1.29, 1.82) is 0 Å². The molecule has 0 aromatic rings. The highest BCUT2D eigenvalue weighted by Gasteiger charge is 2.26. The molecule has 0 amide bonds. The Hall–Kier alpha value is 0.0700. The molecule has 1 aliphatic heterocycles. The lowest BCUT2D eigenvalue weighted by Crippen LogP contribution is -2.57. The minimum Gasteiger partial charge on any atom is -0.311 e. The van der Waals surface area contributed by atoms with Crippen LogP contribution < -0.4 is 5.32 Å². The molecule has 0 aromatic heterocycles. The van der Waals surface area contributed by atoms with Crippen LogP contribution in [0.15, 0.2) is 0 Å². The predicted molar refractivity (Wildman–Crippen MR) is 80.4 cm³/mol. The highest BCUT2D eigenvalue weighted by molar-refractivity contribution is 7.84. The Morgan fingerprint density at radius 2 is 2.11 bits per heavy atom. The minimum atomic E-state index is -0.630. The topological polar surface area (TPSA) is 32.3 Å². The maximum absolute atomic E-state index is 11.6. The molecular formula is C14H30N2OS. The largest absolute Gasteiger partial charge is 0.311 e. The van der Waals surface area contributed by atoms with Gasteiger partial charge in [0.2, 0.25) is 0 Å². The second kappa shape index (κ2) is 8.28. The van der Waals surface area contributed by atoms with Gasteiger partial charge in [0.1, 0.15) is 0 Å². The molecule has 1 heterocycles. The van der Waals surface area contributed by atoms with Crippen LogP contribution in [0.25, 0.3) is 0 Å². The third-order valence-electron chi connectivity index (χ3n) is 3.77. The van der Waals surface area contributed by atoms with Crippen LogP contribution in [0.1, 0.15) is 40.5 Å². The van der Waals surface area contributed by atoms with E-state index in [4.69, 9.17) is 0 Å². The zero-order valence-electron chi connectivity index (χ0n) is 12.4. The first-order valence-corrected chi connectivity index (χ1v) is 8.88. The summed E-state index contributed by atoms with van der Waals surface area (Å²) in [6, 6.07) is 1.24. The zero-order chi connectivity index (χ0) is 13.5. The van der Waals surface area contributed by atoms with Gasteiger partial charge in [0.15, 0.2) is 0 Å². The second-order valence-electron chi connectivity index (χ2n) is 5.72. The van der Waals surface area contributed by atoms with Gasteiger partial charge in [0.25, 0.3) is 0 Å². The molecule has 1 saturated heterocycles. The van der Waals surface area contributed by atoms with Crippen LogP contribution in [0.2, 0.25) is 0 Å². The lowest BCUT2D eigenvalue weighted by Gasteiger charge is -2.40. The number of hydrogen-bond acceptors (Lipinski definition) is 3. The Morgan fingerprint density at radius 1 is 1.39 bits per heavy atom. The Bertz CT molecular complexity index is 258. The van der Waals surface area contributed by atoms with E-state index < -0.39 is 10.8 Å². The van der Waals surface area contributed by atoms with Crippen molar-refractivity contribution in [3.63, 3.8) is 0 Å². The molecule has 108 valence electrons. The molecular weight excluding hydrogens is 244 g/mol. The highest BCUT2D eigenvalue weighted by Crippen LogP contribution is 2.15. The average Bonchev–Trinajstić information content (AvgIpc) is 2.35. The number of nitrogens with zero attached hydrogens (tertiary/aromatic N) is 1. The van der Waals surface area contributed by atoms with Crippen molar-refractivity contribution in [3.05, 3.63) is 0 Å².